The van der Waals surface area contributed by atoms with E-state index >= 15 is 0 Å². The Labute approximate surface area is 176 Å². The summed E-state index contributed by atoms with van der Waals surface area (Å²) in [6.45, 7) is 0. The largest absolute Gasteiger partial charge is 0.153 e. The summed E-state index contributed by atoms with van der Waals surface area (Å²) in [6.07, 6.45) is 0. The molecule has 0 radical (unpaired) electrons. The van der Waals surface area contributed by atoms with Crippen LogP contribution in [0.25, 0.3) is 0 Å². The first-order valence-corrected chi connectivity index (χ1v) is 10.3. The predicted octanol–water partition coefficient (Wildman–Crippen LogP) is 4.94. The summed E-state index contributed by atoms with van der Waals surface area (Å²) in [5.74, 6) is 0. The Morgan fingerprint density at radius 2 is 0.519 bits per heavy atom. The van der Waals surface area contributed by atoms with Crippen LogP contribution >= 0.6 is 34.1 Å². The molecule has 0 aromatic heterocycles. The summed E-state index contributed by atoms with van der Waals surface area (Å²) < 4.78 is 0. The van der Waals surface area contributed by atoms with Crippen LogP contribution in [0.4, 0.5) is 0 Å². The van der Waals surface area contributed by atoms with E-state index < -0.39 is 7.26 Å². The minimum atomic E-state index is -1.91. The van der Waals surface area contributed by atoms with Gasteiger partial charge in [-0.05, 0) is 48.5 Å². The Hall–Kier alpha value is -1.78. The Morgan fingerprint density at radius 3 is 0.704 bits per heavy atom. The topological polar surface area (TPSA) is 0 Å². The molecule has 136 valence electrons. The van der Waals surface area contributed by atoms with Gasteiger partial charge in [0.25, 0.3) is 0 Å². The van der Waals surface area contributed by atoms with Gasteiger partial charge in [0.15, 0.2) is 0 Å². The molecule has 0 amide bonds. The normalized spacial score (nSPS) is 10.4. The molecule has 0 nitrogen and oxygen atoms in total. The monoisotopic (exact) mass is 453 g/mol. The zero-order valence-electron chi connectivity index (χ0n) is 15.1. The first-order valence-electron chi connectivity index (χ1n) is 8.54. The summed E-state index contributed by atoms with van der Waals surface area (Å²) in [6, 6.07) is 43.8. The summed E-state index contributed by atoms with van der Waals surface area (Å²) >= 11 is 0. The van der Waals surface area contributed by atoms with Crippen LogP contribution in [0.3, 0.4) is 0 Å². The van der Waals surface area contributed by atoms with Crippen LogP contribution in [0, 0.1) is 0 Å². The standard InChI is InChI=1S/C24H20P.BrH.H3P/c1-5-13-21(14-6-1)25(22-15-7-2-8-16-22,23-17-9-3-10-18-23)24-19-11-4-12-20-24;;/h1-20H;1H;1H3/q+1;;. The highest BCUT2D eigenvalue weighted by Gasteiger charge is 2.47. The van der Waals surface area contributed by atoms with E-state index in [0.29, 0.717) is 0 Å². The molecule has 0 aliphatic rings. The highest BCUT2D eigenvalue weighted by atomic mass is 79.9. The highest BCUT2D eigenvalue weighted by Crippen LogP contribution is 2.53. The van der Waals surface area contributed by atoms with Gasteiger partial charge in [-0.3, -0.25) is 0 Å². The van der Waals surface area contributed by atoms with Gasteiger partial charge in [-0.25, -0.2) is 0 Å². The molecule has 0 heterocycles. The van der Waals surface area contributed by atoms with Crippen molar-refractivity contribution in [1.82, 2.24) is 0 Å². The van der Waals surface area contributed by atoms with E-state index in [-0.39, 0.29) is 26.9 Å². The van der Waals surface area contributed by atoms with E-state index in [2.05, 4.69) is 121 Å². The molecule has 0 bridgehead atoms. The Bertz CT molecular complexity index is 763. The van der Waals surface area contributed by atoms with Crippen LogP contribution in [0.5, 0.6) is 0 Å². The van der Waals surface area contributed by atoms with Crippen molar-refractivity contribution in [3.8, 4) is 0 Å². The van der Waals surface area contributed by atoms with Gasteiger partial charge in [-0.15, -0.1) is 17.0 Å². The van der Waals surface area contributed by atoms with Gasteiger partial charge >= 0.3 is 0 Å². The maximum absolute atomic E-state index is 2.28. The van der Waals surface area contributed by atoms with Gasteiger partial charge in [0.1, 0.15) is 28.5 Å². The second kappa shape index (κ2) is 9.95. The van der Waals surface area contributed by atoms with Crippen molar-refractivity contribution in [3.63, 3.8) is 0 Å². The third kappa shape index (κ3) is 4.07. The van der Waals surface area contributed by atoms with E-state index in [1.165, 1.54) is 21.2 Å². The molecule has 4 rings (SSSR count). The third-order valence-electron chi connectivity index (χ3n) is 4.57. The second-order valence-corrected chi connectivity index (χ2v) is 9.42. The smallest absolute Gasteiger partial charge is 0.144 e. The molecule has 0 saturated heterocycles. The van der Waals surface area contributed by atoms with Crippen LogP contribution in [0.15, 0.2) is 121 Å². The lowest BCUT2D eigenvalue weighted by Crippen LogP contribution is -2.38. The molecule has 4 aromatic carbocycles. The Kier molecular flexibility index (Phi) is 7.93. The van der Waals surface area contributed by atoms with Crippen molar-refractivity contribution in [3.05, 3.63) is 121 Å². The average molecular weight is 454 g/mol. The van der Waals surface area contributed by atoms with Crippen LogP contribution in [0.2, 0.25) is 0 Å². The molecule has 0 aliphatic carbocycles. The van der Waals surface area contributed by atoms with Crippen LogP contribution in [-0.4, -0.2) is 0 Å². The van der Waals surface area contributed by atoms with Gasteiger partial charge in [0, 0.05) is 0 Å². The van der Waals surface area contributed by atoms with Crippen molar-refractivity contribution in [2.24, 2.45) is 0 Å². The number of rotatable bonds is 4. The zero-order valence-corrected chi connectivity index (χ0v) is 19.1. The third-order valence-corrected chi connectivity index (χ3v) is 8.86. The Balaban J connectivity index is 0.00000131. The SMILES string of the molecule is Br.P.c1ccc([P+](c2ccccc2)(c2ccccc2)c2ccccc2)cc1. The summed E-state index contributed by atoms with van der Waals surface area (Å²) in [4.78, 5) is 0. The fourth-order valence-electron chi connectivity index (χ4n) is 3.50. The summed E-state index contributed by atoms with van der Waals surface area (Å²) in [5, 5.41) is 5.55. The summed E-state index contributed by atoms with van der Waals surface area (Å²) in [5.41, 5.74) is 0. The summed E-state index contributed by atoms with van der Waals surface area (Å²) in [7, 11) is -1.91. The minimum absolute atomic E-state index is 0. The van der Waals surface area contributed by atoms with E-state index in [9.17, 15) is 0 Å². The maximum Gasteiger partial charge on any atom is 0.144 e. The zero-order chi connectivity index (χ0) is 17.0. The molecule has 0 spiro atoms. The van der Waals surface area contributed by atoms with Crippen molar-refractivity contribution < 1.29 is 0 Å². The molecule has 0 fully saturated rings. The predicted molar refractivity (Wildman–Crippen MR) is 133 cm³/mol. The molecule has 1 atom stereocenters. The number of benzene rings is 4. The second-order valence-electron chi connectivity index (χ2n) is 6.01. The quantitative estimate of drug-likeness (QED) is 0.384. The first-order chi connectivity index (χ1) is 12.4. The molecular formula is C24H24BrP2+. The molecular weight excluding hydrogens is 430 g/mol. The minimum Gasteiger partial charge on any atom is -0.153 e. The lowest BCUT2D eigenvalue weighted by atomic mass is 10.3. The molecule has 0 saturated carbocycles. The fourth-order valence-corrected chi connectivity index (χ4v) is 7.77. The van der Waals surface area contributed by atoms with E-state index in [4.69, 9.17) is 0 Å². The van der Waals surface area contributed by atoms with Gasteiger partial charge in [-0.2, -0.15) is 9.90 Å². The van der Waals surface area contributed by atoms with E-state index in [1.807, 2.05) is 0 Å². The first kappa shape index (κ1) is 21.5. The Morgan fingerprint density at radius 1 is 0.333 bits per heavy atom. The van der Waals surface area contributed by atoms with Gasteiger partial charge < -0.3 is 0 Å². The number of hydrogen-bond acceptors (Lipinski definition) is 0. The van der Waals surface area contributed by atoms with Crippen molar-refractivity contribution in [2.45, 2.75) is 0 Å². The maximum atomic E-state index is 2.28. The van der Waals surface area contributed by atoms with Crippen molar-refractivity contribution >= 4 is 55.4 Å². The lowest BCUT2D eigenvalue weighted by Gasteiger charge is -2.27. The molecule has 1 unspecified atom stereocenters. The van der Waals surface area contributed by atoms with Crippen LogP contribution < -0.4 is 21.2 Å². The van der Waals surface area contributed by atoms with E-state index in [0.717, 1.165) is 0 Å². The van der Waals surface area contributed by atoms with Crippen LogP contribution in [0.1, 0.15) is 0 Å². The molecule has 27 heavy (non-hydrogen) atoms. The lowest BCUT2D eigenvalue weighted by molar-refractivity contribution is 1.71. The average Bonchev–Trinajstić information content (AvgIpc) is 2.72. The van der Waals surface area contributed by atoms with Crippen LogP contribution in [-0.2, 0) is 0 Å². The molecule has 0 aliphatic heterocycles. The molecule has 0 N–H and O–H groups in total. The van der Waals surface area contributed by atoms with Crippen molar-refractivity contribution in [2.75, 3.05) is 0 Å². The highest BCUT2D eigenvalue weighted by molar-refractivity contribution is 8.93. The molecule has 4 aromatic rings. The molecule has 3 heteroatoms. The van der Waals surface area contributed by atoms with Crippen molar-refractivity contribution in [1.29, 1.82) is 0 Å². The number of hydrogen-bond donors (Lipinski definition) is 0. The van der Waals surface area contributed by atoms with E-state index in [1.54, 1.807) is 0 Å². The fraction of sp³-hybridized carbons (Fsp3) is 0. The van der Waals surface area contributed by atoms with Gasteiger partial charge in [0.2, 0.25) is 0 Å². The van der Waals surface area contributed by atoms with Gasteiger partial charge in [-0.1, -0.05) is 72.8 Å². The number of halogens is 1. The van der Waals surface area contributed by atoms with Gasteiger partial charge in [0.05, 0.1) is 0 Å².